The van der Waals surface area contributed by atoms with Crippen molar-refractivity contribution in [2.45, 2.75) is 6.92 Å². The number of halogens is 2. The molecular weight excluding hydrogens is 312 g/mol. The summed E-state index contributed by atoms with van der Waals surface area (Å²) in [4.78, 5) is 2.05. The fraction of sp³-hybridized carbons (Fsp3) is 0.143. The quantitative estimate of drug-likeness (QED) is 0.807. The number of aryl methyl sites for hydroxylation is 1. The maximum Gasteiger partial charge on any atom is 0.0645 e. The summed E-state index contributed by atoms with van der Waals surface area (Å²) in [5.74, 6) is 0. The zero-order valence-electron chi connectivity index (χ0n) is 10.2. The summed E-state index contributed by atoms with van der Waals surface area (Å²) in [6, 6.07) is 11.9. The molecule has 0 radical (unpaired) electrons. The third-order valence-corrected chi connectivity index (χ3v) is 3.82. The summed E-state index contributed by atoms with van der Waals surface area (Å²) in [6.45, 7) is 1.97. The smallest absolute Gasteiger partial charge is 0.0645 e. The van der Waals surface area contributed by atoms with Crippen molar-refractivity contribution in [2.75, 3.05) is 17.7 Å². The van der Waals surface area contributed by atoms with Crippen molar-refractivity contribution in [2.24, 2.45) is 0 Å². The molecule has 0 aliphatic heterocycles. The van der Waals surface area contributed by atoms with E-state index in [4.69, 9.17) is 17.3 Å². The monoisotopic (exact) mass is 324 g/mol. The van der Waals surface area contributed by atoms with Crippen molar-refractivity contribution in [3.05, 3.63) is 51.5 Å². The predicted octanol–water partition coefficient (Wildman–Crippen LogP) is 4.76. The highest BCUT2D eigenvalue weighted by atomic mass is 79.9. The van der Waals surface area contributed by atoms with Gasteiger partial charge in [0.2, 0.25) is 0 Å². The van der Waals surface area contributed by atoms with Gasteiger partial charge in [0.15, 0.2) is 0 Å². The number of hydrogen-bond acceptors (Lipinski definition) is 2. The van der Waals surface area contributed by atoms with Crippen molar-refractivity contribution >= 4 is 44.6 Å². The summed E-state index contributed by atoms with van der Waals surface area (Å²) in [6.07, 6.45) is 0. The van der Waals surface area contributed by atoms with E-state index < -0.39 is 0 Å². The number of hydrogen-bond donors (Lipinski definition) is 1. The van der Waals surface area contributed by atoms with Crippen molar-refractivity contribution < 1.29 is 0 Å². The molecule has 0 saturated carbocycles. The molecule has 2 nitrogen and oxygen atoms in total. The predicted molar refractivity (Wildman–Crippen MR) is 82.8 cm³/mol. The van der Waals surface area contributed by atoms with Crippen LogP contribution in [-0.2, 0) is 0 Å². The van der Waals surface area contributed by atoms with Gasteiger partial charge in [0.25, 0.3) is 0 Å². The van der Waals surface area contributed by atoms with Gasteiger partial charge in [-0.15, -0.1) is 0 Å². The van der Waals surface area contributed by atoms with Crippen LogP contribution in [0.4, 0.5) is 17.1 Å². The standard InChI is InChI=1S/C14H14BrClN2/c1-9-7-14(13(17)8-12(9)16)18(2)11-5-3-10(15)4-6-11/h3-8H,17H2,1-2H3. The molecule has 4 heteroatoms. The van der Waals surface area contributed by atoms with E-state index in [2.05, 4.69) is 15.9 Å². The van der Waals surface area contributed by atoms with E-state index in [1.165, 1.54) is 0 Å². The molecule has 0 heterocycles. The van der Waals surface area contributed by atoms with Gasteiger partial charge in [-0.25, -0.2) is 0 Å². The van der Waals surface area contributed by atoms with E-state index >= 15 is 0 Å². The second kappa shape index (κ2) is 5.21. The normalized spacial score (nSPS) is 10.4. The lowest BCUT2D eigenvalue weighted by atomic mass is 10.1. The van der Waals surface area contributed by atoms with Crippen LogP contribution in [0, 0.1) is 6.92 Å². The molecule has 2 N–H and O–H groups in total. The Labute approximate surface area is 120 Å². The van der Waals surface area contributed by atoms with Gasteiger partial charge in [-0.1, -0.05) is 27.5 Å². The molecule has 0 aliphatic rings. The molecule has 2 rings (SSSR count). The first-order chi connectivity index (χ1) is 8.49. The topological polar surface area (TPSA) is 29.3 Å². The number of anilines is 3. The lowest BCUT2D eigenvalue weighted by molar-refractivity contribution is 1.20. The fourth-order valence-electron chi connectivity index (χ4n) is 1.78. The zero-order chi connectivity index (χ0) is 13.3. The van der Waals surface area contributed by atoms with E-state index in [1.807, 2.05) is 49.2 Å². The van der Waals surface area contributed by atoms with Gasteiger partial charge in [0.1, 0.15) is 0 Å². The first-order valence-electron chi connectivity index (χ1n) is 5.54. The minimum atomic E-state index is 0.677. The van der Waals surface area contributed by atoms with E-state index in [0.29, 0.717) is 10.7 Å². The molecule has 0 amide bonds. The van der Waals surface area contributed by atoms with E-state index in [0.717, 1.165) is 21.4 Å². The molecule has 94 valence electrons. The SMILES string of the molecule is Cc1cc(N(C)c2ccc(Br)cc2)c(N)cc1Cl. The minimum absolute atomic E-state index is 0.677. The van der Waals surface area contributed by atoms with Crippen LogP contribution in [0.2, 0.25) is 5.02 Å². The highest BCUT2D eigenvalue weighted by Gasteiger charge is 2.09. The van der Waals surface area contributed by atoms with Gasteiger partial charge in [-0.3, -0.25) is 0 Å². The van der Waals surface area contributed by atoms with Crippen molar-refractivity contribution in [3.8, 4) is 0 Å². The number of nitrogen functional groups attached to an aromatic ring is 1. The molecule has 0 aliphatic carbocycles. The molecule has 18 heavy (non-hydrogen) atoms. The van der Waals surface area contributed by atoms with Gasteiger partial charge in [-0.05, 0) is 48.9 Å². The molecule has 0 fully saturated rings. The Hall–Kier alpha value is -1.19. The highest BCUT2D eigenvalue weighted by molar-refractivity contribution is 9.10. The maximum absolute atomic E-state index is 6.05. The first kappa shape index (κ1) is 13.2. The van der Waals surface area contributed by atoms with E-state index in [-0.39, 0.29) is 0 Å². The minimum Gasteiger partial charge on any atom is -0.397 e. The van der Waals surface area contributed by atoms with Crippen LogP contribution >= 0.6 is 27.5 Å². The summed E-state index contributed by atoms with van der Waals surface area (Å²) < 4.78 is 1.06. The first-order valence-corrected chi connectivity index (χ1v) is 6.71. The van der Waals surface area contributed by atoms with Gasteiger partial charge in [0.05, 0.1) is 11.4 Å². The van der Waals surface area contributed by atoms with Crippen LogP contribution in [-0.4, -0.2) is 7.05 Å². The van der Waals surface area contributed by atoms with Gasteiger partial charge >= 0.3 is 0 Å². The molecule has 0 unspecified atom stereocenters. The Morgan fingerprint density at radius 3 is 2.39 bits per heavy atom. The van der Waals surface area contributed by atoms with Crippen LogP contribution < -0.4 is 10.6 Å². The third-order valence-electron chi connectivity index (χ3n) is 2.88. The summed E-state index contributed by atoms with van der Waals surface area (Å²) in [7, 11) is 1.99. The molecule has 0 aromatic heterocycles. The van der Waals surface area contributed by atoms with Gasteiger partial charge in [0, 0.05) is 22.2 Å². The van der Waals surface area contributed by atoms with E-state index in [1.54, 1.807) is 6.07 Å². The van der Waals surface area contributed by atoms with Crippen molar-refractivity contribution in [3.63, 3.8) is 0 Å². The molecule has 0 spiro atoms. The van der Waals surface area contributed by atoms with Crippen LogP contribution in [0.3, 0.4) is 0 Å². The Bertz CT molecular complexity index is 567. The molecule has 2 aromatic rings. The van der Waals surface area contributed by atoms with Crippen molar-refractivity contribution in [1.29, 1.82) is 0 Å². The summed E-state index contributed by atoms with van der Waals surface area (Å²) in [5.41, 5.74) is 9.75. The maximum atomic E-state index is 6.05. The second-order valence-corrected chi connectivity index (χ2v) is 5.52. The lowest BCUT2D eigenvalue weighted by Crippen LogP contribution is -2.11. The largest absolute Gasteiger partial charge is 0.397 e. The lowest BCUT2D eigenvalue weighted by Gasteiger charge is -2.22. The highest BCUT2D eigenvalue weighted by Crippen LogP contribution is 2.33. The Morgan fingerprint density at radius 2 is 1.78 bits per heavy atom. The Morgan fingerprint density at radius 1 is 1.17 bits per heavy atom. The molecule has 0 saturated heterocycles. The summed E-state index contributed by atoms with van der Waals surface area (Å²) in [5, 5.41) is 0.695. The van der Waals surface area contributed by atoms with Gasteiger partial charge < -0.3 is 10.6 Å². The molecule has 0 atom stereocenters. The van der Waals surface area contributed by atoms with Crippen LogP contribution in [0.25, 0.3) is 0 Å². The molecule has 2 aromatic carbocycles. The van der Waals surface area contributed by atoms with Crippen LogP contribution in [0.5, 0.6) is 0 Å². The fourth-order valence-corrected chi connectivity index (χ4v) is 2.21. The van der Waals surface area contributed by atoms with Crippen molar-refractivity contribution in [1.82, 2.24) is 0 Å². The summed E-state index contributed by atoms with van der Waals surface area (Å²) >= 11 is 9.48. The van der Waals surface area contributed by atoms with Crippen LogP contribution in [0.15, 0.2) is 40.9 Å². The average molecular weight is 326 g/mol. The zero-order valence-corrected chi connectivity index (χ0v) is 12.6. The van der Waals surface area contributed by atoms with E-state index in [9.17, 15) is 0 Å². The third kappa shape index (κ3) is 2.62. The number of nitrogens with two attached hydrogens (primary N) is 1. The number of rotatable bonds is 2. The second-order valence-electron chi connectivity index (χ2n) is 4.20. The Kier molecular flexibility index (Phi) is 3.83. The van der Waals surface area contributed by atoms with Gasteiger partial charge in [-0.2, -0.15) is 0 Å². The molecule has 0 bridgehead atoms. The number of nitrogens with zero attached hydrogens (tertiary/aromatic N) is 1. The molecular formula is C14H14BrClN2. The Balaban J connectivity index is 2.42. The number of benzene rings is 2. The van der Waals surface area contributed by atoms with Crippen LogP contribution in [0.1, 0.15) is 5.56 Å². The average Bonchev–Trinajstić information content (AvgIpc) is 2.34.